The second-order valence-electron chi connectivity index (χ2n) is 5.77. The standard InChI is InChI=1S/C16H23ClN4/c1-2-9-20-10-5-13(6-11-20)21-15-4-8-18-12-14(15)19-16(21)3-7-17/h4,8,12-13H,2-3,5-7,9-11H2,1H3. The van der Waals surface area contributed by atoms with Crippen molar-refractivity contribution in [2.24, 2.45) is 0 Å². The van der Waals surface area contributed by atoms with E-state index in [-0.39, 0.29) is 0 Å². The summed E-state index contributed by atoms with van der Waals surface area (Å²) in [5.41, 5.74) is 2.20. The molecule has 114 valence electrons. The summed E-state index contributed by atoms with van der Waals surface area (Å²) in [5, 5.41) is 0. The van der Waals surface area contributed by atoms with Crippen molar-refractivity contribution in [3.05, 3.63) is 24.3 Å². The minimum Gasteiger partial charge on any atom is -0.325 e. The molecular weight excluding hydrogens is 284 g/mol. The molecule has 21 heavy (non-hydrogen) atoms. The largest absolute Gasteiger partial charge is 0.325 e. The highest BCUT2D eigenvalue weighted by Gasteiger charge is 2.23. The van der Waals surface area contributed by atoms with Crippen LogP contribution >= 0.6 is 11.6 Å². The van der Waals surface area contributed by atoms with Crippen LogP contribution in [-0.4, -0.2) is 44.9 Å². The number of imidazole rings is 1. The van der Waals surface area contributed by atoms with Gasteiger partial charge in [0, 0.05) is 37.6 Å². The van der Waals surface area contributed by atoms with E-state index in [1.54, 1.807) is 0 Å². The van der Waals surface area contributed by atoms with Crippen molar-refractivity contribution in [1.29, 1.82) is 0 Å². The molecule has 5 heteroatoms. The quantitative estimate of drug-likeness (QED) is 0.795. The Bertz CT molecular complexity index is 587. The van der Waals surface area contributed by atoms with Crippen molar-refractivity contribution in [3.8, 4) is 0 Å². The van der Waals surface area contributed by atoms with Crippen LogP contribution in [-0.2, 0) is 6.42 Å². The third-order valence-electron chi connectivity index (χ3n) is 4.35. The second kappa shape index (κ2) is 6.75. The van der Waals surface area contributed by atoms with Crippen LogP contribution in [0.25, 0.3) is 11.0 Å². The fourth-order valence-corrected chi connectivity index (χ4v) is 3.56. The van der Waals surface area contributed by atoms with Crippen molar-refractivity contribution in [1.82, 2.24) is 19.4 Å². The molecule has 0 amide bonds. The molecule has 0 unspecified atom stereocenters. The van der Waals surface area contributed by atoms with Crippen molar-refractivity contribution in [2.75, 3.05) is 25.5 Å². The number of pyridine rings is 1. The zero-order valence-corrected chi connectivity index (χ0v) is 13.4. The van der Waals surface area contributed by atoms with Gasteiger partial charge in [0.1, 0.15) is 11.3 Å². The van der Waals surface area contributed by atoms with Gasteiger partial charge in [-0.1, -0.05) is 6.92 Å². The van der Waals surface area contributed by atoms with Crippen LogP contribution in [0.2, 0.25) is 0 Å². The van der Waals surface area contributed by atoms with Crippen molar-refractivity contribution >= 4 is 22.6 Å². The minimum absolute atomic E-state index is 0.545. The lowest BCUT2D eigenvalue weighted by molar-refractivity contribution is 0.187. The number of alkyl halides is 1. The molecule has 0 aromatic carbocycles. The van der Waals surface area contributed by atoms with E-state index < -0.39 is 0 Å². The van der Waals surface area contributed by atoms with Crippen LogP contribution in [0.4, 0.5) is 0 Å². The van der Waals surface area contributed by atoms with E-state index in [4.69, 9.17) is 16.6 Å². The maximum absolute atomic E-state index is 5.96. The zero-order chi connectivity index (χ0) is 14.7. The van der Waals surface area contributed by atoms with E-state index in [1.807, 2.05) is 12.4 Å². The summed E-state index contributed by atoms with van der Waals surface area (Å²) < 4.78 is 2.42. The topological polar surface area (TPSA) is 34.0 Å². The third kappa shape index (κ3) is 3.06. The number of halogens is 1. The number of likely N-dealkylation sites (tertiary alicyclic amines) is 1. The van der Waals surface area contributed by atoms with Crippen LogP contribution in [0, 0.1) is 0 Å². The number of nitrogens with zero attached hydrogens (tertiary/aromatic N) is 4. The average molecular weight is 307 g/mol. The molecule has 2 aromatic heterocycles. The number of rotatable bonds is 5. The van der Waals surface area contributed by atoms with Gasteiger partial charge in [-0.2, -0.15) is 0 Å². The Kier molecular flexibility index (Phi) is 4.76. The number of hydrogen-bond acceptors (Lipinski definition) is 3. The first kappa shape index (κ1) is 14.8. The summed E-state index contributed by atoms with van der Waals surface area (Å²) in [6, 6.07) is 2.63. The van der Waals surface area contributed by atoms with E-state index in [0.717, 1.165) is 17.8 Å². The summed E-state index contributed by atoms with van der Waals surface area (Å²) in [6.07, 6.45) is 8.17. The van der Waals surface area contributed by atoms with Gasteiger partial charge in [0.25, 0.3) is 0 Å². The number of piperidine rings is 1. The normalized spacial score (nSPS) is 17.6. The fourth-order valence-electron chi connectivity index (χ4n) is 3.39. The van der Waals surface area contributed by atoms with Gasteiger partial charge in [0.2, 0.25) is 0 Å². The fraction of sp³-hybridized carbons (Fsp3) is 0.625. The van der Waals surface area contributed by atoms with Crippen molar-refractivity contribution in [2.45, 2.75) is 38.6 Å². The minimum atomic E-state index is 0.545. The molecule has 0 radical (unpaired) electrons. The molecule has 0 N–H and O–H groups in total. The lowest BCUT2D eigenvalue weighted by atomic mass is 10.0. The molecule has 1 saturated heterocycles. The van der Waals surface area contributed by atoms with Crippen LogP contribution in [0.5, 0.6) is 0 Å². The monoisotopic (exact) mass is 306 g/mol. The predicted molar refractivity (Wildman–Crippen MR) is 87.0 cm³/mol. The first-order valence-electron chi connectivity index (χ1n) is 7.92. The molecule has 0 bridgehead atoms. The molecule has 0 atom stereocenters. The van der Waals surface area contributed by atoms with E-state index >= 15 is 0 Å². The van der Waals surface area contributed by atoms with E-state index in [2.05, 4.69) is 27.4 Å². The molecule has 0 saturated carbocycles. The first-order chi connectivity index (χ1) is 10.3. The van der Waals surface area contributed by atoms with Gasteiger partial charge in [0.15, 0.2) is 0 Å². The lowest BCUT2D eigenvalue weighted by Crippen LogP contribution is -2.35. The molecule has 1 fully saturated rings. The van der Waals surface area contributed by atoms with Crippen LogP contribution in [0.1, 0.15) is 38.1 Å². The Labute approximate surface area is 131 Å². The van der Waals surface area contributed by atoms with Gasteiger partial charge in [0.05, 0.1) is 11.7 Å². The van der Waals surface area contributed by atoms with Gasteiger partial charge in [-0.25, -0.2) is 4.98 Å². The Hall–Kier alpha value is -1.13. The number of hydrogen-bond donors (Lipinski definition) is 0. The summed E-state index contributed by atoms with van der Waals surface area (Å²) in [7, 11) is 0. The Morgan fingerprint density at radius 2 is 2.14 bits per heavy atom. The highest BCUT2D eigenvalue weighted by molar-refractivity contribution is 6.17. The average Bonchev–Trinajstić information content (AvgIpc) is 2.87. The maximum Gasteiger partial charge on any atom is 0.111 e. The predicted octanol–water partition coefficient (Wildman–Crippen LogP) is 3.26. The smallest absolute Gasteiger partial charge is 0.111 e. The molecule has 0 spiro atoms. The van der Waals surface area contributed by atoms with Gasteiger partial charge in [-0.05, 0) is 31.9 Å². The molecule has 1 aliphatic heterocycles. The molecule has 1 aliphatic rings. The summed E-state index contributed by atoms with van der Waals surface area (Å²) >= 11 is 5.96. The van der Waals surface area contributed by atoms with Crippen LogP contribution in [0.3, 0.4) is 0 Å². The van der Waals surface area contributed by atoms with Crippen molar-refractivity contribution in [3.63, 3.8) is 0 Å². The molecule has 0 aliphatic carbocycles. The Morgan fingerprint density at radius 1 is 1.33 bits per heavy atom. The highest BCUT2D eigenvalue weighted by atomic mass is 35.5. The second-order valence-corrected chi connectivity index (χ2v) is 6.15. The lowest BCUT2D eigenvalue weighted by Gasteiger charge is -2.33. The van der Waals surface area contributed by atoms with Crippen molar-refractivity contribution < 1.29 is 0 Å². The summed E-state index contributed by atoms with van der Waals surface area (Å²) in [4.78, 5) is 11.5. The number of aromatic nitrogens is 3. The molecule has 3 heterocycles. The molecule has 2 aromatic rings. The van der Waals surface area contributed by atoms with E-state index in [0.29, 0.717) is 11.9 Å². The zero-order valence-electron chi connectivity index (χ0n) is 12.6. The third-order valence-corrected chi connectivity index (χ3v) is 4.53. The number of fused-ring (bicyclic) bond motifs is 1. The number of aryl methyl sites for hydroxylation is 1. The maximum atomic E-state index is 5.96. The van der Waals surface area contributed by atoms with Crippen LogP contribution in [0.15, 0.2) is 18.5 Å². The van der Waals surface area contributed by atoms with Gasteiger partial charge < -0.3 is 9.47 Å². The van der Waals surface area contributed by atoms with Gasteiger partial charge in [-0.3, -0.25) is 4.98 Å². The molecule has 4 nitrogen and oxygen atoms in total. The Balaban J connectivity index is 1.87. The summed E-state index contributed by atoms with van der Waals surface area (Å²) in [5.74, 6) is 1.73. The van der Waals surface area contributed by atoms with Crippen LogP contribution < -0.4 is 0 Å². The first-order valence-corrected chi connectivity index (χ1v) is 8.46. The molecular formula is C16H23ClN4. The van der Waals surface area contributed by atoms with Gasteiger partial charge >= 0.3 is 0 Å². The molecule has 3 rings (SSSR count). The SMILES string of the molecule is CCCN1CCC(n2c(CCCl)nc3cnccc32)CC1. The highest BCUT2D eigenvalue weighted by Crippen LogP contribution is 2.28. The van der Waals surface area contributed by atoms with E-state index in [9.17, 15) is 0 Å². The van der Waals surface area contributed by atoms with E-state index in [1.165, 1.54) is 44.4 Å². The summed E-state index contributed by atoms with van der Waals surface area (Å²) in [6.45, 7) is 5.84. The van der Waals surface area contributed by atoms with Gasteiger partial charge in [-0.15, -0.1) is 11.6 Å². The Morgan fingerprint density at radius 3 is 2.86 bits per heavy atom.